The summed E-state index contributed by atoms with van der Waals surface area (Å²) in [5.41, 5.74) is 3.21. The number of aromatic nitrogens is 2. The Morgan fingerprint density at radius 2 is 2.11 bits per heavy atom. The van der Waals surface area contributed by atoms with Crippen molar-refractivity contribution in [3.05, 3.63) is 50.4 Å². The third-order valence-electron chi connectivity index (χ3n) is 5.01. The third-order valence-corrected chi connectivity index (χ3v) is 6.11. The van der Waals surface area contributed by atoms with Gasteiger partial charge in [0, 0.05) is 11.4 Å². The molecule has 1 aliphatic rings. The first-order valence-electron chi connectivity index (χ1n) is 9.05. The average Bonchev–Trinajstić information content (AvgIpc) is 3.17. The van der Waals surface area contributed by atoms with E-state index < -0.39 is 0 Å². The zero-order valence-corrected chi connectivity index (χ0v) is 16.8. The Labute approximate surface area is 161 Å². The van der Waals surface area contributed by atoms with Crippen LogP contribution >= 0.6 is 11.3 Å². The van der Waals surface area contributed by atoms with E-state index in [9.17, 15) is 4.79 Å². The first-order chi connectivity index (χ1) is 13.0. The van der Waals surface area contributed by atoms with Gasteiger partial charge in [0.05, 0.1) is 19.1 Å². The molecule has 1 aliphatic heterocycles. The molecule has 0 bridgehead atoms. The quantitative estimate of drug-likeness (QED) is 0.670. The zero-order valence-electron chi connectivity index (χ0n) is 16.0. The largest absolute Gasteiger partial charge is 0.493 e. The lowest BCUT2D eigenvalue weighted by atomic mass is 10.1. The molecule has 0 spiro atoms. The van der Waals surface area contributed by atoms with Crippen molar-refractivity contribution in [2.24, 2.45) is 0 Å². The maximum absolute atomic E-state index is 12.9. The smallest absolute Gasteiger partial charge is 0.262 e. The Bertz CT molecular complexity index is 1120. The summed E-state index contributed by atoms with van der Waals surface area (Å²) in [6.07, 6.45) is 2.89. The van der Waals surface area contributed by atoms with Crippen LogP contribution in [0.3, 0.4) is 0 Å². The lowest BCUT2D eigenvalue weighted by Crippen LogP contribution is -2.20. The Balaban J connectivity index is 1.82. The molecular weight excluding hydrogens is 360 g/mol. The molecule has 0 radical (unpaired) electrons. The number of aryl methyl sites for hydroxylation is 2. The molecule has 0 saturated carbocycles. The second-order valence-electron chi connectivity index (χ2n) is 6.62. The van der Waals surface area contributed by atoms with Gasteiger partial charge in [-0.3, -0.25) is 9.36 Å². The van der Waals surface area contributed by atoms with E-state index in [0.717, 1.165) is 49.8 Å². The summed E-state index contributed by atoms with van der Waals surface area (Å²) in [5, 5.41) is 0.769. The van der Waals surface area contributed by atoms with Gasteiger partial charge in [-0.1, -0.05) is 6.07 Å². The van der Waals surface area contributed by atoms with Crippen LogP contribution < -0.4 is 15.0 Å². The number of rotatable bonds is 4. The number of benzene rings is 1. The van der Waals surface area contributed by atoms with Crippen LogP contribution in [0.5, 0.6) is 11.5 Å². The van der Waals surface area contributed by atoms with Gasteiger partial charge >= 0.3 is 0 Å². The van der Waals surface area contributed by atoms with E-state index >= 15 is 0 Å². The Morgan fingerprint density at radius 3 is 2.85 bits per heavy atom. The molecule has 3 heterocycles. The molecule has 0 atom stereocenters. The summed E-state index contributed by atoms with van der Waals surface area (Å²) in [5.74, 6) is 2.21. The molecule has 5 nitrogen and oxygen atoms in total. The highest BCUT2D eigenvalue weighted by molar-refractivity contribution is 7.18. The lowest BCUT2D eigenvalue weighted by Gasteiger charge is -2.10. The predicted octanol–water partition coefficient (Wildman–Crippen LogP) is 4.43. The van der Waals surface area contributed by atoms with Crippen LogP contribution in [0.15, 0.2) is 23.0 Å². The average molecular weight is 382 g/mol. The van der Waals surface area contributed by atoms with Crippen LogP contribution in [-0.2, 0) is 6.54 Å². The number of ether oxygens (including phenoxy) is 2. The van der Waals surface area contributed by atoms with Crippen molar-refractivity contribution in [2.45, 2.75) is 33.7 Å². The maximum atomic E-state index is 12.9. The normalized spacial score (nSPS) is 14.7. The van der Waals surface area contributed by atoms with E-state index in [1.165, 1.54) is 0 Å². The SMILES string of the molecule is CCOc1cc(/C=C2/CCn3c2nc2sc(C)c(C)c2c3=O)ccc1OC. The summed E-state index contributed by atoms with van der Waals surface area (Å²) in [6.45, 7) is 7.24. The van der Waals surface area contributed by atoms with Crippen LogP contribution in [0.2, 0.25) is 0 Å². The van der Waals surface area contributed by atoms with Crippen LogP contribution in [-0.4, -0.2) is 23.3 Å². The van der Waals surface area contributed by atoms with E-state index in [1.807, 2.05) is 39.0 Å². The highest BCUT2D eigenvalue weighted by atomic mass is 32.1. The van der Waals surface area contributed by atoms with E-state index in [-0.39, 0.29) is 5.56 Å². The summed E-state index contributed by atoms with van der Waals surface area (Å²) in [6, 6.07) is 5.86. The molecule has 0 unspecified atom stereocenters. The van der Waals surface area contributed by atoms with E-state index in [0.29, 0.717) is 18.9 Å². The fraction of sp³-hybridized carbons (Fsp3) is 0.333. The molecule has 6 heteroatoms. The zero-order chi connectivity index (χ0) is 19.1. The third kappa shape index (κ3) is 2.94. The monoisotopic (exact) mass is 382 g/mol. The number of allylic oxidation sites excluding steroid dienone is 1. The number of hydrogen-bond donors (Lipinski definition) is 0. The van der Waals surface area contributed by atoms with E-state index in [4.69, 9.17) is 14.5 Å². The van der Waals surface area contributed by atoms with Gasteiger partial charge in [0.1, 0.15) is 10.7 Å². The number of hydrogen-bond acceptors (Lipinski definition) is 5. The standard InChI is InChI=1S/C21H22N2O3S/c1-5-26-17-11-14(6-7-16(17)25-4)10-15-8-9-23-19(15)22-20-18(21(23)24)12(2)13(3)27-20/h6-7,10-11H,5,8-9H2,1-4H3/b15-10-. The second kappa shape index (κ2) is 6.85. The maximum Gasteiger partial charge on any atom is 0.262 e. The highest BCUT2D eigenvalue weighted by Crippen LogP contribution is 2.34. The van der Waals surface area contributed by atoms with Gasteiger partial charge in [-0.15, -0.1) is 11.3 Å². The fourth-order valence-electron chi connectivity index (χ4n) is 3.51. The van der Waals surface area contributed by atoms with Crippen molar-refractivity contribution in [2.75, 3.05) is 13.7 Å². The van der Waals surface area contributed by atoms with Crippen molar-refractivity contribution in [1.82, 2.24) is 9.55 Å². The molecule has 3 aromatic rings. The Kier molecular flexibility index (Phi) is 4.52. The van der Waals surface area contributed by atoms with E-state index in [2.05, 4.69) is 6.08 Å². The van der Waals surface area contributed by atoms with Crippen molar-refractivity contribution in [1.29, 1.82) is 0 Å². The van der Waals surface area contributed by atoms with Crippen LogP contribution in [0.25, 0.3) is 21.9 Å². The van der Waals surface area contributed by atoms with Gasteiger partial charge in [0.15, 0.2) is 11.5 Å². The minimum Gasteiger partial charge on any atom is -0.493 e. The summed E-state index contributed by atoms with van der Waals surface area (Å²) >= 11 is 1.59. The Hall–Kier alpha value is -2.60. The van der Waals surface area contributed by atoms with Crippen molar-refractivity contribution in [3.63, 3.8) is 0 Å². The summed E-state index contributed by atoms with van der Waals surface area (Å²) in [4.78, 5) is 19.8. The van der Waals surface area contributed by atoms with Crippen LogP contribution in [0.4, 0.5) is 0 Å². The van der Waals surface area contributed by atoms with Gasteiger partial charge in [-0.2, -0.15) is 0 Å². The van der Waals surface area contributed by atoms with Gasteiger partial charge < -0.3 is 9.47 Å². The summed E-state index contributed by atoms with van der Waals surface area (Å²) < 4.78 is 12.8. The Morgan fingerprint density at radius 1 is 1.30 bits per heavy atom. The van der Waals surface area contributed by atoms with Crippen molar-refractivity contribution >= 4 is 33.2 Å². The molecule has 0 fully saturated rings. The molecule has 4 rings (SSSR count). The number of thiophene rings is 1. The molecule has 0 aliphatic carbocycles. The van der Waals surface area contributed by atoms with Crippen molar-refractivity contribution < 1.29 is 9.47 Å². The topological polar surface area (TPSA) is 53.4 Å². The van der Waals surface area contributed by atoms with Crippen LogP contribution in [0.1, 0.15) is 35.2 Å². The number of nitrogens with zero attached hydrogens (tertiary/aromatic N) is 2. The molecular formula is C21H22N2O3S. The first kappa shape index (κ1) is 17.8. The van der Waals surface area contributed by atoms with Gasteiger partial charge in [0.25, 0.3) is 5.56 Å². The highest BCUT2D eigenvalue weighted by Gasteiger charge is 2.23. The van der Waals surface area contributed by atoms with E-state index in [1.54, 1.807) is 23.0 Å². The number of fused-ring (bicyclic) bond motifs is 2. The van der Waals surface area contributed by atoms with Crippen LogP contribution in [0, 0.1) is 13.8 Å². The number of methoxy groups -OCH3 is 1. The first-order valence-corrected chi connectivity index (χ1v) is 9.87. The molecule has 140 valence electrons. The minimum atomic E-state index is 0.0741. The lowest BCUT2D eigenvalue weighted by molar-refractivity contribution is 0.311. The fourth-order valence-corrected chi connectivity index (χ4v) is 4.53. The predicted molar refractivity (Wildman–Crippen MR) is 110 cm³/mol. The van der Waals surface area contributed by atoms with Gasteiger partial charge in [0.2, 0.25) is 0 Å². The molecule has 0 N–H and O–H groups in total. The molecule has 1 aromatic carbocycles. The molecule has 27 heavy (non-hydrogen) atoms. The second-order valence-corrected chi connectivity index (χ2v) is 7.82. The molecule has 0 amide bonds. The van der Waals surface area contributed by atoms with Gasteiger partial charge in [-0.25, -0.2) is 4.98 Å². The minimum absolute atomic E-state index is 0.0741. The van der Waals surface area contributed by atoms with Gasteiger partial charge in [-0.05, 0) is 62.1 Å². The molecule has 2 aromatic heterocycles. The van der Waals surface area contributed by atoms with Crippen molar-refractivity contribution in [3.8, 4) is 11.5 Å². The molecule has 0 saturated heterocycles. The summed E-state index contributed by atoms with van der Waals surface area (Å²) in [7, 11) is 1.63.